The first-order chi connectivity index (χ1) is 7.50. The van der Waals surface area contributed by atoms with Gasteiger partial charge in [-0.05, 0) is 18.2 Å². The summed E-state index contributed by atoms with van der Waals surface area (Å²) in [6.45, 7) is 1.50. The van der Waals surface area contributed by atoms with Gasteiger partial charge in [-0.2, -0.15) is 0 Å². The number of hydrogen-bond donors (Lipinski definition) is 2. The normalized spacial score (nSPS) is 10.6. The van der Waals surface area contributed by atoms with Gasteiger partial charge >= 0.3 is 0 Å². The minimum absolute atomic E-state index is 0.164. The molecule has 3 nitrogen and oxygen atoms in total. The van der Waals surface area contributed by atoms with Gasteiger partial charge in [-0.3, -0.25) is 4.79 Å². The molecule has 0 unspecified atom stereocenters. The van der Waals surface area contributed by atoms with E-state index in [4.69, 9.17) is 23.2 Å². The maximum atomic E-state index is 11.7. The van der Waals surface area contributed by atoms with Gasteiger partial charge in [0, 0.05) is 5.02 Å². The van der Waals surface area contributed by atoms with Crippen LogP contribution in [0.5, 0.6) is 0 Å². The number of benzene rings is 1. The van der Waals surface area contributed by atoms with Gasteiger partial charge in [-0.15, -0.1) is 0 Å². The van der Waals surface area contributed by atoms with Crippen molar-refractivity contribution in [1.82, 2.24) is 5.32 Å². The Bertz CT molecular complexity index is 380. The van der Waals surface area contributed by atoms with Gasteiger partial charge in [-0.1, -0.05) is 23.2 Å². The Morgan fingerprint density at radius 3 is 2.62 bits per heavy atom. The summed E-state index contributed by atoms with van der Waals surface area (Å²) in [7, 11) is 4.06. The third kappa shape index (κ3) is 4.00. The zero-order valence-electron chi connectivity index (χ0n) is 9.31. The highest BCUT2D eigenvalue weighted by molar-refractivity contribution is 6.36. The minimum Gasteiger partial charge on any atom is -0.346 e. The van der Waals surface area contributed by atoms with Crippen LogP contribution < -0.4 is 10.2 Å². The Kier molecular flexibility index (Phi) is 5.06. The van der Waals surface area contributed by atoms with E-state index in [9.17, 15) is 4.79 Å². The zero-order chi connectivity index (χ0) is 12.1. The number of halogens is 2. The van der Waals surface area contributed by atoms with Crippen LogP contribution in [0.25, 0.3) is 0 Å². The van der Waals surface area contributed by atoms with Crippen LogP contribution in [0.15, 0.2) is 18.2 Å². The molecule has 0 saturated carbocycles. The quantitative estimate of drug-likeness (QED) is 0.829. The molecular weight excluding hydrogens is 247 g/mol. The molecule has 1 aromatic carbocycles. The van der Waals surface area contributed by atoms with Crippen LogP contribution in [0, 0.1) is 0 Å². The van der Waals surface area contributed by atoms with Crippen molar-refractivity contribution >= 4 is 29.1 Å². The van der Waals surface area contributed by atoms with Gasteiger partial charge < -0.3 is 10.2 Å². The molecule has 0 aliphatic rings. The van der Waals surface area contributed by atoms with Gasteiger partial charge in [0.05, 0.1) is 37.8 Å². The Morgan fingerprint density at radius 2 is 2.06 bits per heavy atom. The summed E-state index contributed by atoms with van der Waals surface area (Å²) in [5.41, 5.74) is 0.458. The summed E-state index contributed by atoms with van der Waals surface area (Å²) in [5, 5.41) is 3.71. The predicted octanol–water partition coefficient (Wildman–Crippen LogP) is 0.868. The molecule has 0 saturated heterocycles. The van der Waals surface area contributed by atoms with E-state index in [-0.39, 0.29) is 5.91 Å². The van der Waals surface area contributed by atoms with Crippen molar-refractivity contribution in [3.63, 3.8) is 0 Å². The SMILES string of the molecule is C[NH+](C)CCNC(=O)c1ccc(Cl)cc1Cl. The standard InChI is InChI=1S/C11H14Cl2N2O/c1-15(2)6-5-14-11(16)9-4-3-8(12)7-10(9)13/h3-4,7H,5-6H2,1-2H3,(H,14,16)/p+1. The molecular formula is C11H15Cl2N2O+. The van der Waals surface area contributed by atoms with Crippen LogP contribution in [0.1, 0.15) is 10.4 Å². The van der Waals surface area contributed by atoms with Crippen molar-refractivity contribution in [1.29, 1.82) is 0 Å². The first kappa shape index (κ1) is 13.3. The number of likely N-dealkylation sites (N-methyl/N-ethyl adjacent to an activating group) is 1. The molecule has 2 N–H and O–H groups in total. The Morgan fingerprint density at radius 1 is 1.38 bits per heavy atom. The maximum absolute atomic E-state index is 11.7. The molecule has 0 aliphatic heterocycles. The van der Waals surface area contributed by atoms with Gasteiger partial charge in [-0.25, -0.2) is 0 Å². The topological polar surface area (TPSA) is 33.5 Å². The zero-order valence-corrected chi connectivity index (χ0v) is 10.8. The highest BCUT2D eigenvalue weighted by atomic mass is 35.5. The summed E-state index contributed by atoms with van der Waals surface area (Å²) < 4.78 is 0. The fourth-order valence-corrected chi connectivity index (χ4v) is 1.69. The number of nitrogens with one attached hydrogen (secondary N) is 2. The summed E-state index contributed by atoms with van der Waals surface area (Å²) >= 11 is 11.7. The molecule has 0 bridgehead atoms. The van der Waals surface area contributed by atoms with E-state index in [1.165, 1.54) is 4.90 Å². The Labute approximate surface area is 105 Å². The van der Waals surface area contributed by atoms with Gasteiger partial charge in [0.1, 0.15) is 0 Å². The van der Waals surface area contributed by atoms with E-state index in [0.29, 0.717) is 22.2 Å². The van der Waals surface area contributed by atoms with Crippen LogP contribution in [-0.2, 0) is 0 Å². The van der Waals surface area contributed by atoms with E-state index < -0.39 is 0 Å². The van der Waals surface area contributed by atoms with E-state index in [0.717, 1.165) is 6.54 Å². The van der Waals surface area contributed by atoms with Gasteiger partial charge in [0.15, 0.2) is 0 Å². The molecule has 5 heteroatoms. The lowest BCUT2D eigenvalue weighted by molar-refractivity contribution is -0.856. The van der Waals surface area contributed by atoms with Crippen molar-refractivity contribution in [3.05, 3.63) is 33.8 Å². The van der Waals surface area contributed by atoms with E-state index >= 15 is 0 Å². The van der Waals surface area contributed by atoms with E-state index in [2.05, 4.69) is 5.32 Å². The summed E-state index contributed by atoms with van der Waals surface area (Å²) in [6.07, 6.45) is 0. The maximum Gasteiger partial charge on any atom is 0.253 e. The number of quaternary nitrogens is 1. The van der Waals surface area contributed by atoms with Gasteiger partial charge in [0.2, 0.25) is 0 Å². The van der Waals surface area contributed by atoms with Crippen LogP contribution in [0.3, 0.4) is 0 Å². The van der Waals surface area contributed by atoms with E-state index in [1.54, 1.807) is 18.2 Å². The first-order valence-electron chi connectivity index (χ1n) is 5.03. The third-order valence-electron chi connectivity index (χ3n) is 2.09. The summed E-state index contributed by atoms with van der Waals surface area (Å²) in [5.74, 6) is -0.164. The highest BCUT2D eigenvalue weighted by Gasteiger charge is 2.10. The fourth-order valence-electron chi connectivity index (χ4n) is 1.19. The lowest BCUT2D eigenvalue weighted by Crippen LogP contribution is -3.06. The number of hydrogen-bond acceptors (Lipinski definition) is 1. The molecule has 88 valence electrons. The van der Waals surface area contributed by atoms with Crippen molar-refractivity contribution in [3.8, 4) is 0 Å². The molecule has 1 aromatic rings. The monoisotopic (exact) mass is 261 g/mol. The number of amides is 1. The Balaban J connectivity index is 2.59. The molecule has 1 amide bonds. The van der Waals surface area contributed by atoms with Crippen molar-refractivity contribution < 1.29 is 9.69 Å². The summed E-state index contributed by atoms with van der Waals surface area (Å²) in [6, 6.07) is 4.84. The highest BCUT2D eigenvalue weighted by Crippen LogP contribution is 2.20. The molecule has 0 spiro atoms. The van der Waals surface area contributed by atoms with Crippen LogP contribution in [0.4, 0.5) is 0 Å². The largest absolute Gasteiger partial charge is 0.346 e. The second kappa shape index (κ2) is 6.09. The lowest BCUT2D eigenvalue weighted by atomic mass is 10.2. The van der Waals surface area contributed by atoms with Crippen LogP contribution in [0.2, 0.25) is 10.0 Å². The second-order valence-corrected chi connectivity index (χ2v) is 4.68. The third-order valence-corrected chi connectivity index (χ3v) is 2.63. The Hall–Kier alpha value is -0.770. The smallest absolute Gasteiger partial charge is 0.253 e. The van der Waals surface area contributed by atoms with Crippen molar-refractivity contribution in [2.75, 3.05) is 27.2 Å². The van der Waals surface area contributed by atoms with Crippen LogP contribution >= 0.6 is 23.2 Å². The molecule has 0 aliphatic carbocycles. The van der Waals surface area contributed by atoms with Gasteiger partial charge in [0.25, 0.3) is 5.91 Å². The first-order valence-corrected chi connectivity index (χ1v) is 5.78. The summed E-state index contributed by atoms with van der Waals surface area (Å²) in [4.78, 5) is 13.0. The van der Waals surface area contributed by atoms with E-state index in [1.807, 2.05) is 14.1 Å². The molecule has 0 heterocycles. The van der Waals surface area contributed by atoms with Crippen LogP contribution in [-0.4, -0.2) is 33.1 Å². The number of carbonyl (C=O) groups is 1. The number of carbonyl (C=O) groups excluding carboxylic acids is 1. The minimum atomic E-state index is -0.164. The average Bonchev–Trinajstić information content (AvgIpc) is 2.16. The molecule has 0 atom stereocenters. The molecule has 0 fully saturated rings. The number of rotatable bonds is 4. The van der Waals surface area contributed by atoms with Crippen molar-refractivity contribution in [2.45, 2.75) is 0 Å². The molecule has 16 heavy (non-hydrogen) atoms. The van der Waals surface area contributed by atoms with Crippen molar-refractivity contribution in [2.24, 2.45) is 0 Å². The average molecular weight is 262 g/mol. The molecule has 0 aromatic heterocycles. The second-order valence-electron chi connectivity index (χ2n) is 3.84. The lowest BCUT2D eigenvalue weighted by Gasteiger charge is -2.09. The fraction of sp³-hybridized carbons (Fsp3) is 0.364. The molecule has 1 rings (SSSR count). The predicted molar refractivity (Wildman–Crippen MR) is 66.5 cm³/mol. The molecule has 0 radical (unpaired) electrons.